The molecule has 3 N–H and O–H groups in total. The number of hydrogen-bond donors (Lipinski definition) is 2. The van der Waals surface area contributed by atoms with Crippen molar-refractivity contribution >= 4 is 0 Å². The van der Waals surface area contributed by atoms with Crippen LogP contribution in [0.15, 0.2) is 48.5 Å². The summed E-state index contributed by atoms with van der Waals surface area (Å²) in [5.74, 6) is 0.377. The van der Waals surface area contributed by atoms with Crippen LogP contribution in [0.3, 0.4) is 0 Å². The monoisotopic (exact) mass is 227 g/mol. The topological polar surface area (TPSA) is 46.2 Å². The van der Waals surface area contributed by atoms with Crippen LogP contribution in [0.5, 0.6) is 5.75 Å². The maximum atomic E-state index is 9.67. The van der Waals surface area contributed by atoms with Gasteiger partial charge < -0.3 is 10.8 Å². The zero-order valence-corrected chi connectivity index (χ0v) is 9.76. The van der Waals surface area contributed by atoms with Crippen LogP contribution in [0.1, 0.15) is 16.7 Å². The van der Waals surface area contributed by atoms with E-state index in [0.29, 0.717) is 12.3 Å². The molecule has 0 unspecified atom stereocenters. The van der Waals surface area contributed by atoms with Crippen molar-refractivity contribution in [2.45, 2.75) is 19.4 Å². The van der Waals surface area contributed by atoms with Gasteiger partial charge in [0.25, 0.3) is 0 Å². The number of benzene rings is 2. The third-order valence-electron chi connectivity index (χ3n) is 2.90. The average Bonchev–Trinajstić information content (AvgIpc) is 2.38. The van der Waals surface area contributed by atoms with Gasteiger partial charge >= 0.3 is 0 Å². The summed E-state index contributed by atoms with van der Waals surface area (Å²) in [4.78, 5) is 0. The van der Waals surface area contributed by atoms with Gasteiger partial charge in [0.1, 0.15) is 5.75 Å². The summed E-state index contributed by atoms with van der Waals surface area (Å²) in [6.45, 7) is 0.574. The Bertz CT molecular complexity index is 494. The van der Waals surface area contributed by atoms with Crippen molar-refractivity contribution in [1.82, 2.24) is 0 Å². The summed E-state index contributed by atoms with van der Waals surface area (Å²) < 4.78 is 0. The van der Waals surface area contributed by atoms with Gasteiger partial charge in [-0.25, -0.2) is 0 Å². The van der Waals surface area contributed by atoms with Crippen molar-refractivity contribution in [3.05, 3.63) is 65.2 Å². The summed E-state index contributed by atoms with van der Waals surface area (Å²) in [5.41, 5.74) is 9.01. The van der Waals surface area contributed by atoms with E-state index in [1.165, 1.54) is 5.56 Å². The van der Waals surface area contributed by atoms with Crippen molar-refractivity contribution in [3.8, 4) is 5.75 Å². The second kappa shape index (κ2) is 5.51. The largest absolute Gasteiger partial charge is 0.508 e. The normalized spacial score (nSPS) is 10.4. The van der Waals surface area contributed by atoms with Crippen molar-refractivity contribution in [1.29, 1.82) is 0 Å². The Labute approximate surface area is 102 Å². The zero-order valence-electron chi connectivity index (χ0n) is 9.76. The fraction of sp³-hybridized carbons (Fsp3) is 0.200. The van der Waals surface area contributed by atoms with Crippen LogP contribution in [0.4, 0.5) is 0 Å². The minimum Gasteiger partial charge on any atom is -0.508 e. The Balaban J connectivity index is 2.05. The number of phenolic OH excluding ortho intramolecular Hbond substituents is 1. The quantitative estimate of drug-likeness (QED) is 0.843. The number of nitrogens with two attached hydrogens (primary N) is 1. The highest BCUT2D eigenvalue weighted by molar-refractivity contribution is 5.33. The van der Waals surface area contributed by atoms with Gasteiger partial charge in [0.2, 0.25) is 0 Å². The van der Waals surface area contributed by atoms with Gasteiger partial charge in [-0.2, -0.15) is 0 Å². The summed E-state index contributed by atoms with van der Waals surface area (Å²) in [7, 11) is 0. The van der Waals surface area contributed by atoms with Gasteiger partial charge in [-0.3, -0.25) is 0 Å². The fourth-order valence-electron chi connectivity index (χ4n) is 1.91. The predicted molar refractivity (Wildman–Crippen MR) is 69.8 cm³/mol. The van der Waals surface area contributed by atoms with E-state index in [0.717, 1.165) is 24.0 Å². The molecule has 2 aromatic rings. The number of para-hydroxylation sites is 1. The lowest BCUT2D eigenvalue weighted by Crippen LogP contribution is -1.98. The van der Waals surface area contributed by atoms with Crippen LogP contribution >= 0.6 is 0 Å². The number of hydrogen-bond acceptors (Lipinski definition) is 2. The van der Waals surface area contributed by atoms with Crippen LogP contribution in [-0.2, 0) is 19.4 Å². The van der Waals surface area contributed by atoms with Gasteiger partial charge in [-0.05, 0) is 35.6 Å². The van der Waals surface area contributed by atoms with Gasteiger partial charge in [0.15, 0.2) is 0 Å². The zero-order chi connectivity index (χ0) is 12.1. The molecule has 2 heteroatoms. The molecule has 0 radical (unpaired) electrons. The Kier molecular flexibility index (Phi) is 3.78. The van der Waals surface area contributed by atoms with Crippen molar-refractivity contribution in [2.24, 2.45) is 5.73 Å². The standard InChI is InChI=1S/C15H17NO/c16-11-13-5-3-4-12(10-13)8-9-14-6-1-2-7-15(14)17/h1-7,10,17H,8-9,11,16H2. The first-order chi connectivity index (χ1) is 8.29. The van der Waals surface area contributed by atoms with E-state index < -0.39 is 0 Å². The molecule has 0 spiro atoms. The molecule has 17 heavy (non-hydrogen) atoms. The molecule has 0 aliphatic carbocycles. The molecule has 0 atom stereocenters. The molecule has 0 fully saturated rings. The molecule has 2 rings (SSSR count). The Morgan fingerprint density at radius 2 is 1.65 bits per heavy atom. The number of phenols is 1. The summed E-state index contributed by atoms with van der Waals surface area (Å²) in [5, 5.41) is 9.67. The lowest BCUT2D eigenvalue weighted by Gasteiger charge is -2.05. The molecule has 0 amide bonds. The average molecular weight is 227 g/mol. The minimum absolute atomic E-state index is 0.377. The molecule has 0 bridgehead atoms. The molecular formula is C15H17NO. The van der Waals surface area contributed by atoms with Gasteiger partial charge in [-0.1, -0.05) is 42.5 Å². The van der Waals surface area contributed by atoms with Crippen molar-refractivity contribution in [2.75, 3.05) is 0 Å². The van der Waals surface area contributed by atoms with Crippen LogP contribution in [-0.4, -0.2) is 5.11 Å². The number of aryl methyl sites for hydroxylation is 2. The maximum absolute atomic E-state index is 9.67. The van der Waals surface area contributed by atoms with Crippen molar-refractivity contribution < 1.29 is 5.11 Å². The van der Waals surface area contributed by atoms with E-state index in [1.54, 1.807) is 6.07 Å². The Morgan fingerprint density at radius 3 is 2.41 bits per heavy atom. The van der Waals surface area contributed by atoms with Crippen molar-refractivity contribution in [3.63, 3.8) is 0 Å². The van der Waals surface area contributed by atoms with Crippen LogP contribution in [0, 0.1) is 0 Å². The second-order valence-electron chi connectivity index (χ2n) is 4.15. The highest BCUT2D eigenvalue weighted by Crippen LogP contribution is 2.18. The first-order valence-corrected chi connectivity index (χ1v) is 5.84. The molecule has 2 nitrogen and oxygen atoms in total. The Morgan fingerprint density at radius 1 is 0.882 bits per heavy atom. The Hall–Kier alpha value is -1.80. The molecular weight excluding hydrogens is 210 g/mol. The van der Waals surface area contributed by atoms with Gasteiger partial charge in [-0.15, -0.1) is 0 Å². The second-order valence-corrected chi connectivity index (χ2v) is 4.15. The smallest absolute Gasteiger partial charge is 0.118 e. The summed E-state index contributed by atoms with van der Waals surface area (Å²) in [6.07, 6.45) is 1.77. The first kappa shape index (κ1) is 11.7. The lowest BCUT2D eigenvalue weighted by atomic mass is 10.0. The van der Waals surface area contributed by atoms with E-state index in [2.05, 4.69) is 12.1 Å². The maximum Gasteiger partial charge on any atom is 0.118 e. The van der Waals surface area contributed by atoms with Gasteiger partial charge in [0, 0.05) is 6.54 Å². The number of aromatic hydroxyl groups is 1. The molecule has 2 aromatic carbocycles. The third kappa shape index (κ3) is 3.08. The molecule has 0 aliphatic rings. The molecule has 0 saturated carbocycles. The van der Waals surface area contributed by atoms with E-state index in [-0.39, 0.29) is 0 Å². The number of rotatable bonds is 4. The van der Waals surface area contributed by atoms with E-state index >= 15 is 0 Å². The van der Waals surface area contributed by atoms with E-state index in [1.807, 2.05) is 30.3 Å². The summed E-state index contributed by atoms with van der Waals surface area (Å²) in [6, 6.07) is 15.8. The lowest BCUT2D eigenvalue weighted by molar-refractivity contribution is 0.468. The SMILES string of the molecule is NCc1cccc(CCc2ccccc2O)c1. The van der Waals surface area contributed by atoms with Gasteiger partial charge in [0.05, 0.1) is 0 Å². The highest BCUT2D eigenvalue weighted by atomic mass is 16.3. The van der Waals surface area contributed by atoms with Crippen LogP contribution in [0.25, 0.3) is 0 Å². The van der Waals surface area contributed by atoms with E-state index in [9.17, 15) is 5.11 Å². The third-order valence-corrected chi connectivity index (χ3v) is 2.90. The minimum atomic E-state index is 0.377. The molecule has 0 aliphatic heterocycles. The fourth-order valence-corrected chi connectivity index (χ4v) is 1.91. The molecule has 88 valence electrons. The van der Waals surface area contributed by atoms with E-state index in [4.69, 9.17) is 5.73 Å². The summed E-state index contributed by atoms with van der Waals surface area (Å²) >= 11 is 0. The molecule has 0 aromatic heterocycles. The van der Waals surface area contributed by atoms with Crippen LogP contribution in [0.2, 0.25) is 0 Å². The molecule has 0 heterocycles. The molecule has 0 saturated heterocycles. The highest BCUT2D eigenvalue weighted by Gasteiger charge is 2.01. The first-order valence-electron chi connectivity index (χ1n) is 5.84. The predicted octanol–water partition coefficient (Wildman–Crippen LogP) is 2.64. The van der Waals surface area contributed by atoms with Crippen LogP contribution < -0.4 is 5.73 Å².